The van der Waals surface area contributed by atoms with E-state index < -0.39 is 67.2 Å². The average molecular weight is 879 g/mol. The molecule has 0 saturated heterocycles. The van der Waals surface area contributed by atoms with E-state index in [4.69, 9.17) is 20.9 Å². The van der Waals surface area contributed by atoms with Crippen LogP contribution in [0.3, 0.4) is 0 Å². The van der Waals surface area contributed by atoms with Crippen molar-refractivity contribution in [1.29, 1.82) is 0 Å². The number of aliphatic hydroxyl groups is 2. The number of ketones is 2. The second-order valence-electron chi connectivity index (χ2n) is 13.6. The van der Waals surface area contributed by atoms with E-state index in [1.165, 1.54) is 127 Å². The first-order chi connectivity index (χ1) is 29.7. The van der Waals surface area contributed by atoms with Crippen molar-refractivity contribution in [2.45, 2.75) is 30.5 Å². The molecular weight excluding hydrogens is 842 g/mol. The number of nitrogens with two attached hydrogens (primary N) is 2. The Morgan fingerprint density at radius 2 is 0.857 bits per heavy atom. The van der Waals surface area contributed by atoms with Crippen molar-refractivity contribution in [3.8, 4) is 23.0 Å². The van der Waals surface area contributed by atoms with Gasteiger partial charge in [-0.3, -0.25) is 9.59 Å². The van der Waals surface area contributed by atoms with E-state index in [2.05, 4.69) is 9.47 Å². The fourth-order valence-electron chi connectivity index (χ4n) is 5.67. The quantitative estimate of drug-likeness (QED) is 0.0236. The Balaban J connectivity index is 1.20. The Bertz CT molecular complexity index is 2290. The number of benzene rings is 5. The zero-order chi connectivity index (χ0) is 45.9. The summed E-state index contributed by atoms with van der Waals surface area (Å²) in [6.07, 6.45) is -8.36. The summed E-state index contributed by atoms with van der Waals surface area (Å²) in [5.74, 6) is -4.99. The summed E-state index contributed by atoms with van der Waals surface area (Å²) < 4.78 is 94.2. The highest BCUT2D eigenvalue weighted by Crippen LogP contribution is 2.30. The van der Waals surface area contributed by atoms with E-state index in [9.17, 15) is 55.7 Å². The van der Waals surface area contributed by atoms with Gasteiger partial charge in [-0.1, -0.05) is 36.4 Å². The minimum absolute atomic E-state index is 0.0361. The highest BCUT2D eigenvalue weighted by Gasteiger charge is 2.36. The Kier molecular flexibility index (Phi) is 15.1. The summed E-state index contributed by atoms with van der Waals surface area (Å²) in [4.78, 5) is 51.7. The molecular formula is C45H36F6N2O10. The molecule has 5 aromatic carbocycles. The third-order valence-corrected chi connectivity index (χ3v) is 8.69. The van der Waals surface area contributed by atoms with Gasteiger partial charge in [0.25, 0.3) is 0 Å². The maximum absolute atomic E-state index is 13.3. The van der Waals surface area contributed by atoms with E-state index >= 15 is 0 Å². The van der Waals surface area contributed by atoms with E-state index in [1.807, 2.05) is 0 Å². The molecule has 0 radical (unpaired) electrons. The number of hydrogen-bond donors (Lipinski definition) is 4. The molecule has 0 amide bonds. The van der Waals surface area contributed by atoms with Gasteiger partial charge in [-0.2, -0.15) is 26.3 Å². The van der Waals surface area contributed by atoms with Crippen LogP contribution in [0.4, 0.5) is 37.7 Å². The fourth-order valence-corrected chi connectivity index (χ4v) is 5.67. The van der Waals surface area contributed by atoms with Crippen LogP contribution in [0.5, 0.6) is 23.0 Å². The summed E-state index contributed by atoms with van der Waals surface area (Å²) in [5.41, 5.74) is 13.1. The average Bonchev–Trinajstić information content (AvgIpc) is 3.23. The molecule has 0 bridgehead atoms. The predicted octanol–water partition coefficient (Wildman–Crippen LogP) is 7.54. The molecule has 63 heavy (non-hydrogen) atoms. The molecule has 328 valence electrons. The van der Waals surface area contributed by atoms with Crippen LogP contribution in [0.1, 0.15) is 43.3 Å². The zero-order valence-corrected chi connectivity index (χ0v) is 32.5. The van der Waals surface area contributed by atoms with Gasteiger partial charge >= 0.3 is 24.3 Å². The lowest BCUT2D eigenvalue weighted by molar-refractivity contribution is -0.154. The van der Waals surface area contributed by atoms with Crippen molar-refractivity contribution in [2.75, 3.05) is 24.7 Å². The van der Waals surface area contributed by atoms with Crippen LogP contribution in [0.2, 0.25) is 0 Å². The molecule has 0 aliphatic carbocycles. The number of anilines is 2. The number of aliphatic hydroxyl groups excluding tert-OH is 2. The summed E-state index contributed by atoms with van der Waals surface area (Å²) >= 11 is 0. The van der Waals surface area contributed by atoms with Gasteiger partial charge in [0, 0.05) is 11.4 Å². The van der Waals surface area contributed by atoms with Gasteiger partial charge in [0.15, 0.2) is 24.8 Å². The second kappa shape index (κ2) is 20.4. The van der Waals surface area contributed by atoms with Gasteiger partial charge in [-0.15, -0.1) is 0 Å². The van der Waals surface area contributed by atoms with Gasteiger partial charge in [0.2, 0.25) is 0 Å². The Hall–Kier alpha value is -7.44. The normalized spacial score (nSPS) is 13.3. The molecule has 6 N–H and O–H groups in total. The molecule has 0 saturated carbocycles. The maximum atomic E-state index is 13.3. The van der Waals surface area contributed by atoms with Crippen molar-refractivity contribution in [3.05, 3.63) is 155 Å². The van der Waals surface area contributed by atoms with Gasteiger partial charge < -0.3 is 40.6 Å². The molecule has 2 atom stereocenters. The lowest BCUT2D eigenvalue weighted by atomic mass is 9.83. The molecule has 0 aliphatic heterocycles. The van der Waals surface area contributed by atoms with Gasteiger partial charge in [0.1, 0.15) is 35.2 Å². The van der Waals surface area contributed by atoms with Crippen LogP contribution in [0.15, 0.2) is 127 Å². The third-order valence-electron chi connectivity index (χ3n) is 8.69. The highest BCUT2D eigenvalue weighted by atomic mass is 19.4. The molecule has 5 rings (SSSR count). The number of halogens is 6. The minimum Gasteiger partial charge on any atom is -0.484 e. The van der Waals surface area contributed by atoms with Crippen molar-refractivity contribution >= 4 is 47.0 Å². The van der Waals surface area contributed by atoms with Crippen LogP contribution >= 0.6 is 0 Å². The van der Waals surface area contributed by atoms with Crippen molar-refractivity contribution in [1.82, 2.24) is 0 Å². The summed E-state index contributed by atoms with van der Waals surface area (Å²) in [6.45, 7) is -2.99. The molecule has 18 heteroatoms. The second-order valence-corrected chi connectivity index (χ2v) is 13.6. The molecule has 0 aliphatic rings. The Labute approximate surface area is 354 Å². The molecule has 12 nitrogen and oxygen atoms in total. The Morgan fingerprint density at radius 3 is 1.19 bits per heavy atom. The number of nitrogen functional groups attached to an aromatic ring is 2. The summed E-state index contributed by atoms with van der Waals surface area (Å²) in [6, 6.07) is 25.3. The first-order valence-electron chi connectivity index (χ1n) is 18.4. The number of rotatable bonds is 17. The van der Waals surface area contributed by atoms with E-state index in [-0.39, 0.29) is 51.1 Å². The smallest absolute Gasteiger partial charge is 0.422 e. The van der Waals surface area contributed by atoms with Crippen LogP contribution < -0.4 is 30.4 Å². The third kappa shape index (κ3) is 14.3. The lowest BCUT2D eigenvalue weighted by Gasteiger charge is -2.26. The number of ether oxygens (including phenoxy) is 4. The molecule has 5 aromatic rings. The van der Waals surface area contributed by atoms with Crippen LogP contribution in [0.25, 0.3) is 12.2 Å². The van der Waals surface area contributed by atoms with Crippen LogP contribution in [-0.4, -0.2) is 71.5 Å². The molecule has 0 fully saturated rings. The van der Waals surface area contributed by atoms with Gasteiger partial charge in [-0.05, 0) is 120 Å². The minimum atomic E-state index is -4.53. The number of carbonyl (C=O) groups excluding carboxylic acids is 4. The van der Waals surface area contributed by atoms with Crippen LogP contribution in [0, 0.1) is 0 Å². The van der Waals surface area contributed by atoms with E-state index in [0.29, 0.717) is 11.1 Å². The SMILES string of the molecule is Nc1cc(N)cc(C(C(O)C(=O)/C=C/c2ccc(OC(=O)c3ccc(OCC(F)(F)F)cc3)cc2)C(O)C(=O)/C=C/c2ccc(OC(=O)c3ccc(OCC(F)(F)F)cc3)cc2)c1. The first kappa shape index (κ1) is 46.6. The summed E-state index contributed by atoms with van der Waals surface area (Å²) in [7, 11) is 0. The van der Waals surface area contributed by atoms with Crippen molar-refractivity contribution in [2.24, 2.45) is 0 Å². The Morgan fingerprint density at radius 1 is 0.524 bits per heavy atom. The number of esters is 2. The van der Waals surface area contributed by atoms with Gasteiger partial charge in [-0.25, -0.2) is 9.59 Å². The molecule has 0 spiro atoms. The van der Waals surface area contributed by atoms with Crippen molar-refractivity contribution in [3.63, 3.8) is 0 Å². The summed E-state index contributed by atoms with van der Waals surface area (Å²) in [5, 5.41) is 22.5. The van der Waals surface area contributed by atoms with Crippen LogP contribution in [-0.2, 0) is 9.59 Å². The fraction of sp³-hybridized carbons (Fsp3) is 0.156. The zero-order valence-electron chi connectivity index (χ0n) is 32.5. The maximum Gasteiger partial charge on any atom is 0.422 e. The standard InChI is InChI=1S/C45H36F6N2O10/c46-44(47,48)24-60-33-15-7-28(8-16-33)42(58)62-35-11-1-26(2-12-35)5-19-37(54)40(56)39(30-21-31(52)23-32(53)22-30)41(57)38(55)20-6-27-3-13-36(14-4-27)63-43(59)29-9-17-34(18-10-29)61-25-45(49,50)51/h1-23,39-41,56-57H,24-25,52-53H2/b19-5+,20-6+. The van der Waals surface area contributed by atoms with E-state index in [0.717, 1.165) is 12.2 Å². The molecule has 0 heterocycles. The largest absolute Gasteiger partial charge is 0.484 e. The number of alkyl halides is 6. The lowest BCUT2D eigenvalue weighted by Crippen LogP contribution is -2.38. The predicted molar refractivity (Wildman–Crippen MR) is 217 cm³/mol. The monoisotopic (exact) mass is 878 g/mol. The molecule has 2 unspecified atom stereocenters. The number of carbonyl (C=O) groups is 4. The van der Waals surface area contributed by atoms with Crippen molar-refractivity contribution < 1.29 is 74.7 Å². The van der Waals surface area contributed by atoms with Gasteiger partial charge in [0.05, 0.1) is 17.0 Å². The number of hydrogen-bond acceptors (Lipinski definition) is 12. The highest BCUT2D eigenvalue weighted by molar-refractivity contribution is 6.01. The van der Waals surface area contributed by atoms with E-state index in [1.54, 1.807) is 0 Å². The molecule has 0 aromatic heterocycles. The topological polar surface area (TPSA) is 198 Å². The first-order valence-corrected chi connectivity index (χ1v) is 18.4.